The van der Waals surface area contributed by atoms with Crippen molar-refractivity contribution in [2.75, 3.05) is 26.2 Å². The molecule has 0 aliphatic carbocycles. The summed E-state index contributed by atoms with van der Waals surface area (Å²) in [5.74, 6) is 0. The van der Waals surface area contributed by atoms with Gasteiger partial charge in [0.25, 0.3) is 0 Å². The minimum atomic E-state index is 0.881. The largest absolute Gasteiger partial charge is 0.317 e. The van der Waals surface area contributed by atoms with Gasteiger partial charge in [-0.25, -0.2) is 0 Å². The van der Waals surface area contributed by atoms with Crippen molar-refractivity contribution in [3.63, 3.8) is 0 Å². The summed E-state index contributed by atoms with van der Waals surface area (Å²) in [6.45, 7) is 9.55. The SMILES string of the molecule is CCNCCCCCN1CCCCCC1CC. The summed E-state index contributed by atoms with van der Waals surface area (Å²) in [5.41, 5.74) is 0. The Labute approximate surface area is 108 Å². The van der Waals surface area contributed by atoms with E-state index in [0.29, 0.717) is 0 Å². The van der Waals surface area contributed by atoms with Gasteiger partial charge in [-0.15, -0.1) is 0 Å². The van der Waals surface area contributed by atoms with Gasteiger partial charge in [-0.2, -0.15) is 0 Å². The zero-order valence-electron chi connectivity index (χ0n) is 12.0. The minimum Gasteiger partial charge on any atom is -0.317 e. The Kier molecular flexibility index (Phi) is 8.72. The van der Waals surface area contributed by atoms with E-state index in [1.165, 1.54) is 71.0 Å². The fourth-order valence-electron chi connectivity index (χ4n) is 2.91. The third-order valence-corrected chi connectivity index (χ3v) is 4.02. The van der Waals surface area contributed by atoms with Crippen molar-refractivity contribution in [2.24, 2.45) is 0 Å². The third-order valence-electron chi connectivity index (χ3n) is 4.02. The Morgan fingerprint density at radius 3 is 2.71 bits per heavy atom. The first-order chi connectivity index (χ1) is 8.38. The maximum Gasteiger partial charge on any atom is 0.00926 e. The molecule has 0 saturated carbocycles. The Morgan fingerprint density at radius 2 is 1.94 bits per heavy atom. The highest BCUT2D eigenvalue weighted by atomic mass is 15.1. The van der Waals surface area contributed by atoms with Gasteiger partial charge in [0.2, 0.25) is 0 Å². The van der Waals surface area contributed by atoms with E-state index >= 15 is 0 Å². The van der Waals surface area contributed by atoms with E-state index in [0.717, 1.165) is 12.6 Å². The van der Waals surface area contributed by atoms with Gasteiger partial charge in [0.1, 0.15) is 0 Å². The molecule has 0 aromatic carbocycles. The van der Waals surface area contributed by atoms with Crippen LogP contribution in [0.25, 0.3) is 0 Å². The molecule has 0 amide bonds. The normalized spacial score (nSPS) is 22.6. The summed E-state index contributed by atoms with van der Waals surface area (Å²) in [6, 6.07) is 0.881. The van der Waals surface area contributed by atoms with Gasteiger partial charge in [0.05, 0.1) is 0 Å². The molecule has 0 bridgehead atoms. The molecule has 1 saturated heterocycles. The molecule has 1 fully saturated rings. The van der Waals surface area contributed by atoms with Crippen LogP contribution in [-0.4, -0.2) is 37.1 Å². The molecular formula is C15H32N2. The van der Waals surface area contributed by atoms with E-state index < -0.39 is 0 Å². The maximum absolute atomic E-state index is 3.40. The molecular weight excluding hydrogens is 208 g/mol. The summed E-state index contributed by atoms with van der Waals surface area (Å²) in [5, 5.41) is 3.40. The van der Waals surface area contributed by atoms with Gasteiger partial charge in [0, 0.05) is 6.04 Å². The first-order valence-electron chi connectivity index (χ1n) is 7.83. The molecule has 1 aliphatic heterocycles. The zero-order valence-corrected chi connectivity index (χ0v) is 12.0. The fraction of sp³-hybridized carbons (Fsp3) is 1.00. The number of likely N-dealkylation sites (tertiary alicyclic amines) is 1. The number of hydrogen-bond donors (Lipinski definition) is 1. The van der Waals surface area contributed by atoms with Crippen molar-refractivity contribution < 1.29 is 0 Å². The number of rotatable bonds is 8. The van der Waals surface area contributed by atoms with Crippen molar-refractivity contribution in [1.82, 2.24) is 10.2 Å². The number of nitrogens with one attached hydrogen (secondary N) is 1. The van der Waals surface area contributed by atoms with Gasteiger partial charge in [0.15, 0.2) is 0 Å². The summed E-state index contributed by atoms with van der Waals surface area (Å²) in [7, 11) is 0. The van der Waals surface area contributed by atoms with Gasteiger partial charge in [-0.1, -0.05) is 33.1 Å². The average Bonchev–Trinajstić information content (AvgIpc) is 2.58. The second-order valence-electron chi connectivity index (χ2n) is 5.36. The van der Waals surface area contributed by atoms with Crippen molar-refractivity contribution in [2.45, 2.75) is 71.3 Å². The fourth-order valence-corrected chi connectivity index (χ4v) is 2.91. The summed E-state index contributed by atoms with van der Waals surface area (Å²) < 4.78 is 0. The quantitative estimate of drug-likeness (QED) is 0.654. The monoisotopic (exact) mass is 240 g/mol. The number of unbranched alkanes of at least 4 members (excludes halogenated alkanes) is 2. The molecule has 1 rings (SSSR count). The standard InChI is InChI=1S/C15H32N2/c1-3-15-11-7-5-9-13-17(15)14-10-6-8-12-16-4-2/h15-16H,3-14H2,1-2H3. The van der Waals surface area contributed by atoms with Crippen molar-refractivity contribution in [1.29, 1.82) is 0 Å². The summed E-state index contributed by atoms with van der Waals surface area (Å²) in [6.07, 6.45) is 11.2. The zero-order chi connectivity index (χ0) is 12.3. The van der Waals surface area contributed by atoms with E-state index in [-0.39, 0.29) is 0 Å². The predicted octanol–water partition coefficient (Wildman–Crippen LogP) is 3.42. The van der Waals surface area contributed by atoms with Crippen LogP contribution in [-0.2, 0) is 0 Å². The summed E-state index contributed by atoms with van der Waals surface area (Å²) >= 11 is 0. The molecule has 1 N–H and O–H groups in total. The molecule has 0 aromatic heterocycles. The van der Waals surface area contributed by atoms with E-state index in [2.05, 4.69) is 24.1 Å². The third kappa shape index (κ3) is 6.42. The minimum absolute atomic E-state index is 0.881. The molecule has 2 heteroatoms. The average molecular weight is 240 g/mol. The lowest BCUT2D eigenvalue weighted by Crippen LogP contribution is -2.35. The van der Waals surface area contributed by atoms with Crippen LogP contribution in [0.15, 0.2) is 0 Å². The van der Waals surface area contributed by atoms with Crippen LogP contribution in [0.3, 0.4) is 0 Å². The van der Waals surface area contributed by atoms with E-state index in [4.69, 9.17) is 0 Å². The Morgan fingerprint density at radius 1 is 1.06 bits per heavy atom. The molecule has 102 valence electrons. The van der Waals surface area contributed by atoms with Crippen LogP contribution < -0.4 is 5.32 Å². The van der Waals surface area contributed by atoms with Crippen LogP contribution in [0.5, 0.6) is 0 Å². The lowest BCUT2D eigenvalue weighted by Gasteiger charge is -2.29. The first kappa shape index (κ1) is 15.0. The maximum atomic E-state index is 3.40. The molecule has 2 nitrogen and oxygen atoms in total. The Bertz CT molecular complexity index is 170. The van der Waals surface area contributed by atoms with Gasteiger partial charge >= 0.3 is 0 Å². The topological polar surface area (TPSA) is 15.3 Å². The smallest absolute Gasteiger partial charge is 0.00926 e. The molecule has 1 heterocycles. The number of hydrogen-bond acceptors (Lipinski definition) is 2. The second kappa shape index (κ2) is 9.90. The van der Waals surface area contributed by atoms with Crippen molar-refractivity contribution in [3.05, 3.63) is 0 Å². The number of nitrogens with zero attached hydrogens (tertiary/aromatic N) is 1. The molecule has 1 atom stereocenters. The Balaban J connectivity index is 2.10. The van der Waals surface area contributed by atoms with Crippen LogP contribution in [0.1, 0.15) is 65.2 Å². The molecule has 1 unspecified atom stereocenters. The molecule has 0 radical (unpaired) electrons. The molecule has 17 heavy (non-hydrogen) atoms. The van der Waals surface area contributed by atoms with Gasteiger partial charge in [-0.3, -0.25) is 0 Å². The summed E-state index contributed by atoms with van der Waals surface area (Å²) in [4.78, 5) is 2.76. The molecule has 0 aromatic rings. The van der Waals surface area contributed by atoms with Crippen molar-refractivity contribution in [3.8, 4) is 0 Å². The highest BCUT2D eigenvalue weighted by molar-refractivity contribution is 4.74. The van der Waals surface area contributed by atoms with Gasteiger partial charge < -0.3 is 10.2 Å². The lowest BCUT2D eigenvalue weighted by atomic mass is 10.1. The van der Waals surface area contributed by atoms with Crippen LogP contribution in [0.4, 0.5) is 0 Å². The highest BCUT2D eigenvalue weighted by Gasteiger charge is 2.18. The van der Waals surface area contributed by atoms with E-state index in [1.54, 1.807) is 0 Å². The first-order valence-corrected chi connectivity index (χ1v) is 7.83. The second-order valence-corrected chi connectivity index (χ2v) is 5.36. The van der Waals surface area contributed by atoms with Crippen molar-refractivity contribution >= 4 is 0 Å². The van der Waals surface area contributed by atoms with Gasteiger partial charge in [-0.05, 0) is 58.3 Å². The van der Waals surface area contributed by atoms with Crippen LogP contribution in [0.2, 0.25) is 0 Å². The van der Waals surface area contributed by atoms with Crippen LogP contribution in [0, 0.1) is 0 Å². The predicted molar refractivity (Wildman–Crippen MR) is 76.5 cm³/mol. The highest BCUT2D eigenvalue weighted by Crippen LogP contribution is 2.19. The van der Waals surface area contributed by atoms with E-state index in [1.807, 2.05) is 0 Å². The lowest BCUT2D eigenvalue weighted by molar-refractivity contribution is 0.190. The Hall–Kier alpha value is -0.0800. The molecule has 0 spiro atoms. The molecule has 1 aliphatic rings. The van der Waals surface area contributed by atoms with E-state index in [9.17, 15) is 0 Å². The van der Waals surface area contributed by atoms with Crippen LogP contribution >= 0.6 is 0 Å².